The molecule has 2 rings (SSSR count). The largest absolute Gasteiger partial charge is 0.357 e. The zero-order chi connectivity index (χ0) is 18.8. The summed E-state index contributed by atoms with van der Waals surface area (Å²) < 4.78 is 12.1. The van der Waals surface area contributed by atoms with Gasteiger partial charge in [0.15, 0.2) is 5.96 Å². The minimum absolute atomic E-state index is 0.0290. The third-order valence-electron chi connectivity index (χ3n) is 4.29. The van der Waals surface area contributed by atoms with E-state index in [-0.39, 0.29) is 23.7 Å². The first-order chi connectivity index (χ1) is 12.6. The van der Waals surface area contributed by atoms with Gasteiger partial charge in [0.05, 0.1) is 11.9 Å². The van der Waals surface area contributed by atoms with Crippen molar-refractivity contribution in [3.8, 4) is 0 Å². The quantitative estimate of drug-likeness (QED) is 0.495. The van der Waals surface area contributed by atoms with Crippen LogP contribution in [0.1, 0.15) is 39.5 Å². The Morgan fingerprint density at radius 1 is 1.38 bits per heavy atom. The van der Waals surface area contributed by atoms with Crippen molar-refractivity contribution < 1.29 is 9.00 Å². The molecule has 0 bridgehead atoms. The van der Waals surface area contributed by atoms with Gasteiger partial charge in [0.2, 0.25) is 5.91 Å². The highest BCUT2D eigenvalue weighted by molar-refractivity contribution is 7.85. The number of pyridine rings is 1. The van der Waals surface area contributed by atoms with Crippen LogP contribution < -0.4 is 16.0 Å². The Balaban J connectivity index is 1.89. The van der Waals surface area contributed by atoms with Crippen LogP contribution in [0, 0.1) is 0 Å². The molecule has 144 valence electrons. The Hall–Kier alpha value is -1.96. The van der Waals surface area contributed by atoms with E-state index in [0.29, 0.717) is 23.9 Å². The lowest BCUT2D eigenvalue weighted by Crippen LogP contribution is -2.47. The maximum absolute atomic E-state index is 12.1. The molecule has 8 heteroatoms. The monoisotopic (exact) mass is 379 g/mol. The summed E-state index contributed by atoms with van der Waals surface area (Å²) in [5.74, 6) is 1.14. The minimum Gasteiger partial charge on any atom is -0.357 e. The van der Waals surface area contributed by atoms with Crippen molar-refractivity contribution >= 4 is 28.4 Å². The van der Waals surface area contributed by atoms with Crippen molar-refractivity contribution in [2.24, 2.45) is 4.99 Å². The summed E-state index contributed by atoms with van der Waals surface area (Å²) in [6, 6.07) is 3.79. The summed E-state index contributed by atoms with van der Waals surface area (Å²) >= 11 is 0. The van der Waals surface area contributed by atoms with Crippen molar-refractivity contribution in [2.45, 2.75) is 50.8 Å². The topological polar surface area (TPSA) is 95.5 Å². The zero-order valence-electron chi connectivity index (χ0n) is 15.5. The molecule has 7 nitrogen and oxygen atoms in total. The number of nitrogens with one attached hydrogen (secondary N) is 3. The molecule has 0 radical (unpaired) electrons. The highest BCUT2D eigenvalue weighted by atomic mass is 32.2. The van der Waals surface area contributed by atoms with Crippen molar-refractivity contribution in [1.29, 1.82) is 0 Å². The Bertz CT molecular complexity index is 623. The lowest BCUT2D eigenvalue weighted by atomic mass is 9.95. The van der Waals surface area contributed by atoms with Crippen molar-refractivity contribution in [3.05, 3.63) is 24.5 Å². The number of anilines is 1. The average molecular weight is 380 g/mol. The van der Waals surface area contributed by atoms with E-state index in [1.807, 2.05) is 13.8 Å². The van der Waals surface area contributed by atoms with Gasteiger partial charge in [-0.05, 0) is 38.3 Å². The van der Waals surface area contributed by atoms with Crippen LogP contribution in [-0.4, -0.2) is 51.2 Å². The third kappa shape index (κ3) is 6.74. The second kappa shape index (κ2) is 10.9. The Morgan fingerprint density at radius 3 is 2.92 bits per heavy atom. The van der Waals surface area contributed by atoms with E-state index in [4.69, 9.17) is 0 Å². The van der Waals surface area contributed by atoms with Crippen LogP contribution in [0.3, 0.4) is 0 Å². The van der Waals surface area contributed by atoms with E-state index in [2.05, 4.69) is 25.9 Å². The van der Waals surface area contributed by atoms with E-state index in [0.717, 1.165) is 25.7 Å². The number of amides is 1. The molecule has 1 saturated carbocycles. The molecule has 1 heterocycles. The molecule has 1 aromatic heterocycles. The van der Waals surface area contributed by atoms with Gasteiger partial charge in [0.1, 0.15) is 6.54 Å². The average Bonchev–Trinajstić information content (AvgIpc) is 2.66. The molecule has 3 atom stereocenters. The Labute approximate surface area is 157 Å². The molecule has 1 aliphatic carbocycles. The molecule has 0 spiro atoms. The number of nitrogens with zero attached hydrogens (tertiary/aromatic N) is 2. The maximum Gasteiger partial charge on any atom is 0.246 e. The number of carbonyl (C=O) groups excluding carboxylic acids is 1. The van der Waals surface area contributed by atoms with Crippen molar-refractivity contribution in [1.82, 2.24) is 15.6 Å². The molecule has 3 unspecified atom stereocenters. The van der Waals surface area contributed by atoms with Gasteiger partial charge in [-0.25, -0.2) is 4.99 Å². The van der Waals surface area contributed by atoms with Crippen LogP contribution in [0.5, 0.6) is 0 Å². The number of rotatable bonds is 7. The van der Waals surface area contributed by atoms with E-state index in [1.165, 1.54) is 0 Å². The second-order valence-corrected chi connectivity index (χ2v) is 8.29. The first-order valence-electron chi connectivity index (χ1n) is 9.24. The van der Waals surface area contributed by atoms with Crippen LogP contribution in [0.15, 0.2) is 29.5 Å². The van der Waals surface area contributed by atoms with Crippen molar-refractivity contribution in [2.75, 3.05) is 24.2 Å². The first-order valence-corrected chi connectivity index (χ1v) is 10.6. The molecule has 3 N–H and O–H groups in total. The van der Waals surface area contributed by atoms with E-state index < -0.39 is 10.8 Å². The molecule has 26 heavy (non-hydrogen) atoms. The molecule has 1 aromatic rings. The molecule has 0 aromatic carbocycles. The minimum atomic E-state index is -0.757. The molecule has 0 saturated heterocycles. The summed E-state index contributed by atoms with van der Waals surface area (Å²) in [6.45, 7) is 4.70. The fraction of sp³-hybridized carbons (Fsp3) is 0.611. The highest BCUT2D eigenvalue weighted by Crippen LogP contribution is 2.22. The first kappa shape index (κ1) is 20.4. The van der Waals surface area contributed by atoms with Gasteiger partial charge >= 0.3 is 0 Å². The fourth-order valence-corrected chi connectivity index (χ4v) is 4.40. The third-order valence-corrected chi connectivity index (χ3v) is 6.03. The van der Waals surface area contributed by atoms with E-state index in [9.17, 15) is 9.00 Å². The summed E-state index contributed by atoms with van der Waals surface area (Å²) in [7, 11) is -0.757. The predicted octanol–water partition coefficient (Wildman–Crippen LogP) is 1.65. The smallest absolute Gasteiger partial charge is 0.246 e. The van der Waals surface area contributed by atoms with Gasteiger partial charge in [-0.3, -0.25) is 14.0 Å². The van der Waals surface area contributed by atoms with Crippen LogP contribution in [0.2, 0.25) is 0 Å². The maximum atomic E-state index is 12.1. The highest BCUT2D eigenvalue weighted by Gasteiger charge is 2.26. The molecule has 0 aliphatic heterocycles. The van der Waals surface area contributed by atoms with Crippen LogP contribution in [0.4, 0.5) is 5.69 Å². The van der Waals surface area contributed by atoms with Crippen LogP contribution in [0.25, 0.3) is 0 Å². The molecular weight excluding hydrogens is 350 g/mol. The SMILES string of the molecule is CCNC(=NCC(=O)Nc1cccnc1)NC1CCCC(S(=O)CC)C1. The summed E-state index contributed by atoms with van der Waals surface area (Å²) in [6.07, 6.45) is 7.26. The van der Waals surface area contributed by atoms with Gasteiger partial charge in [0, 0.05) is 40.6 Å². The standard InChI is InChI=1S/C18H29N5O2S/c1-3-20-18(21-13-17(24)22-15-8-6-10-19-12-15)23-14-7-5-9-16(11-14)26(25)4-2/h6,8,10,12,14,16H,3-5,7,9,11,13H2,1-2H3,(H,22,24)(H2,20,21,23). The summed E-state index contributed by atoms with van der Waals surface area (Å²) in [5, 5.41) is 9.60. The van der Waals surface area contributed by atoms with E-state index >= 15 is 0 Å². The lowest BCUT2D eigenvalue weighted by molar-refractivity contribution is -0.114. The van der Waals surface area contributed by atoms with E-state index in [1.54, 1.807) is 24.5 Å². The number of carbonyl (C=O) groups is 1. The molecule has 1 amide bonds. The van der Waals surface area contributed by atoms with Gasteiger partial charge < -0.3 is 16.0 Å². The normalized spacial score (nSPS) is 21.7. The Morgan fingerprint density at radius 2 is 2.23 bits per heavy atom. The van der Waals surface area contributed by atoms with Crippen molar-refractivity contribution in [3.63, 3.8) is 0 Å². The van der Waals surface area contributed by atoms with Crippen LogP contribution >= 0.6 is 0 Å². The van der Waals surface area contributed by atoms with Gasteiger partial charge in [-0.1, -0.05) is 13.3 Å². The lowest BCUT2D eigenvalue weighted by Gasteiger charge is -2.30. The second-order valence-electron chi connectivity index (χ2n) is 6.28. The summed E-state index contributed by atoms with van der Waals surface area (Å²) in [4.78, 5) is 20.4. The number of hydrogen-bond acceptors (Lipinski definition) is 4. The predicted molar refractivity (Wildman–Crippen MR) is 107 cm³/mol. The number of aliphatic imine (C=N–C) groups is 1. The number of aromatic nitrogens is 1. The fourth-order valence-electron chi connectivity index (χ4n) is 3.05. The van der Waals surface area contributed by atoms with Gasteiger partial charge in [-0.15, -0.1) is 0 Å². The molecule has 1 aliphatic rings. The molecule has 1 fully saturated rings. The van der Waals surface area contributed by atoms with Gasteiger partial charge in [-0.2, -0.15) is 0 Å². The van der Waals surface area contributed by atoms with Gasteiger partial charge in [0.25, 0.3) is 0 Å². The Kier molecular flexibility index (Phi) is 8.53. The zero-order valence-corrected chi connectivity index (χ0v) is 16.3. The number of hydrogen-bond donors (Lipinski definition) is 3. The number of guanidine groups is 1. The van der Waals surface area contributed by atoms with Crippen LogP contribution in [-0.2, 0) is 15.6 Å². The summed E-state index contributed by atoms with van der Waals surface area (Å²) in [5.41, 5.74) is 0.655. The molecular formula is C18H29N5O2S.